The predicted octanol–water partition coefficient (Wildman–Crippen LogP) is 14.3. The second-order valence-corrected chi connectivity index (χ2v) is 14.7. The topological polar surface area (TPSA) is 8.17 Å². The molecule has 2 heteroatoms. The molecule has 1 aromatic heterocycles. The van der Waals surface area contributed by atoms with Crippen LogP contribution < -0.4 is 4.90 Å². The van der Waals surface area contributed by atoms with Crippen molar-refractivity contribution in [2.24, 2.45) is 0 Å². The van der Waals surface area contributed by atoms with Crippen LogP contribution in [-0.4, -0.2) is 4.57 Å². The third-order valence-electron chi connectivity index (χ3n) is 12.2. The van der Waals surface area contributed by atoms with E-state index >= 15 is 0 Å². The molecule has 0 bridgehead atoms. The Morgan fingerprint density at radius 2 is 1.42 bits per heavy atom. The molecule has 2 nitrogen and oxygen atoms in total. The number of anilines is 3. The molecule has 0 amide bonds. The highest BCUT2D eigenvalue weighted by atomic mass is 15.1. The maximum atomic E-state index is 4.23. The van der Waals surface area contributed by atoms with E-state index in [-0.39, 0.29) is 0 Å². The second-order valence-electron chi connectivity index (χ2n) is 14.7. The Kier molecular flexibility index (Phi) is 7.78. The lowest BCUT2D eigenvalue weighted by molar-refractivity contribution is 0.683. The molecular weight excluding hydrogens is 665 g/mol. The number of para-hydroxylation sites is 3. The molecule has 11 rings (SSSR count). The van der Waals surface area contributed by atoms with Crippen molar-refractivity contribution in [3.63, 3.8) is 0 Å². The number of benzene rings is 6. The lowest BCUT2D eigenvalue weighted by atomic mass is 9.63. The maximum absolute atomic E-state index is 4.23. The van der Waals surface area contributed by atoms with Crippen LogP contribution in [0.4, 0.5) is 17.1 Å². The van der Waals surface area contributed by atoms with Gasteiger partial charge in [-0.05, 0) is 118 Å². The van der Waals surface area contributed by atoms with E-state index in [9.17, 15) is 0 Å². The number of aromatic nitrogens is 1. The molecule has 266 valence electrons. The monoisotopic (exact) mass is 708 g/mol. The Bertz CT molecular complexity index is 2840. The van der Waals surface area contributed by atoms with Gasteiger partial charge in [-0.1, -0.05) is 142 Å². The highest BCUT2D eigenvalue weighted by molar-refractivity contribution is 6.14. The highest BCUT2D eigenvalue weighted by Gasteiger charge is 2.52. The number of rotatable bonds is 5. The first-order valence-electron chi connectivity index (χ1n) is 19.9. The highest BCUT2D eigenvalue weighted by Crippen LogP contribution is 2.63. The number of nitrogens with zero attached hydrogens (tertiary/aromatic N) is 2. The first-order valence-corrected chi connectivity index (χ1v) is 19.9. The summed E-state index contributed by atoms with van der Waals surface area (Å²) in [4.78, 5) is 2.49. The number of allylic oxidation sites excluding steroid dienone is 9. The summed E-state index contributed by atoms with van der Waals surface area (Å²) < 4.78 is 2.57. The van der Waals surface area contributed by atoms with Gasteiger partial charge in [0.25, 0.3) is 0 Å². The lowest BCUT2D eigenvalue weighted by Gasteiger charge is -2.42. The summed E-state index contributed by atoms with van der Waals surface area (Å²) in [5.74, 6) is 0. The van der Waals surface area contributed by atoms with Gasteiger partial charge in [0.05, 0.1) is 22.1 Å². The molecule has 1 aliphatic heterocycles. The first kappa shape index (κ1) is 33.2. The van der Waals surface area contributed by atoms with Crippen LogP contribution in [0.5, 0.6) is 0 Å². The van der Waals surface area contributed by atoms with Gasteiger partial charge in [-0.15, -0.1) is 0 Å². The smallest absolute Gasteiger partial charge is 0.0718 e. The standard InChI is InChI=1S/C51H38N2.C2H6/c1-3-16-33-31-42-37(36(33)4-2)21-15-28-48(42)52(34-17-6-5-7-18-34)35-29-30-39-38-19-8-10-23-43(38)51(46(39)32-35)44-24-11-13-27-49(44)53-47-26-12-9-20-40(47)41-22-14-25-45(51)50(41)53;1-2/h3-10,12-23,25-30,32H,2,11,24,31H2,1H3;1-2H3/b16-3-;. The molecule has 0 saturated heterocycles. The van der Waals surface area contributed by atoms with E-state index in [1.807, 2.05) is 19.9 Å². The van der Waals surface area contributed by atoms with Crippen molar-refractivity contribution in [3.8, 4) is 11.1 Å². The molecule has 0 N–H and O–H groups in total. The molecule has 3 aliphatic carbocycles. The van der Waals surface area contributed by atoms with Crippen molar-refractivity contribution >= 4 is 50.1 Å². The third kappa shape index (κ3) is 4.49. The van der Waals surface area contributed by atoms with Gasteiger partial charge in [0.1, 0.15) is 0 Å². The Labute approximate surface area is 324 Å². The van der Waals surface area contributed by atoms with Crippen LogP contribution in [0.15, 0.2) is 182 Å². The quantitative estimate of drug-likeness (QED) is 0.173. The zero-order valence-electron chi connectivity index (χ0n) is 31.8. The second kappa shape index (κ2) is 12.9. The Morgan fingerprint density at radius 3 is 2.27 bits per heavy atom. The van der Waals surface area contributed by atoms with Crippen LogP contribution in [0.2, 0.25) is 0 Å². The molecule has 6 aromatic carbocycles. The van der Waals surface area contributed by atoms with Crippen LogP contribution in [0, 0.1) is 0 Å². The molecule has 0 radical (unpaired) electrons. The zero-order valence-corrected chi connectivity index (χ0v) is 31.8. The number of hydrogen-bond donors (Lipinski definition) is 0. The Balaban J connectivity index is 0.00000183. The van der Waals surface area contributed by atoms with Crippen molar-refractivity contribution in [1.82, 2.24) is 4.57 Å². The number of fused-ring (bicyclic) bond motifs is 12. The van der Waals surface area contributed by atoms with Crippen molar-refractivity contribution in [3.05, 3.63) is 209 Å². The summed E-state index contributed by atoms with van der Waals surface area (Å²) in [6.45, 7) is 10.3. The molecule has 55 heavy (non-hydrogen) atoms. The van der Waals surface area contributed by atoms with Crippen LogP contribution in [-0.2, 0) is 11.8 Å². The summed E-state index contributed by atoms with van der Waals surface area (Å²) in [5, 5.41) is 2.63. The van der Waals surface area contributed by atoms with Crippen molar-refractivity contribution in [2.45, 2.75) is 45.4 Å². The van der Waals surface area contributed by atoms with Gasteiger partial charge in [-0.3, -0.25) is 0 Å². The minimum Gasteiger partial charge on any atom is -0.310 e. The van der Waals surface area contributed by atoms with Crippen molar-refractivity contribution < 1.29 is 0 Å². The summed E-state index contributed by atoms with van der Waals surface area (Å²) in [6.07, 6.45) is 14.1. The lowest BCUT2D eigenvalue weighted by Crippen LogP contribution is -2.35. The third-order valence-corrected chi connectivity index (χ3v) is 12.2. The molecular formula is C53H44N2. The van der Waals surface area contributed by atoms with E-state index in [0.717, 1.165) is 24.9 Å². The Hall–Kier alpha value is -6.38. The van der Waals surface area contributed by atoms with Gasteiger partial charge in [0, 0.05) is 34.3 Å². The summed E-state index contributed by atoms with van der Waals surface area (Å²) >= 11 is 0. The maximum Gasteiger partial charge on any atom is 0.0718 e. The van der Waals surface area contributed by atoms with Gasteiger partial charge in [-0.25, -0.2) is 0 Å². The van der Waals surface area contributed by atoms with Gasteiger partial charge in [0.15, 0.2) is 0 Å². The molecule has 4 aliphatic rings. The Morgan fingerprint density at radius 1 is 0.691 bits per heavy atom. The molecule has 0 saturated carbocycles. The van der Waals surface area contributed by atoms with Crippen LogP contribution in [0.25, 0.3) is 44.2 Å². The average Bonchev–Trinajstić information content (AvgIpc) is 3.88. The van der Waals surface area contributed by atoms with Crippen molar-refractivity contribution in [2.75, 3.05) is 4.90 Å². The minimum atomic E-state index is -0.427. The van der Waals surface area contributed by atoms with Gasteiger partial charge in [-0.2, -0.15) is 0 Å². The van der Waals surface area contributed by atoms with E-state index in [1.54, 1.807) is 0 Å². The van der Waals surface area contributed by atoms with Crippen LogP contribution in [0.3, 0.4) is 0 Å². The first-order chi connectivity index (χ1) is 27.2. The van der Waals surface area contributed by atoms with E-state index < -0.39 is 5.41 Å². The molecule has 2 heterocycles. The minimum absolute atomic E-state index is 0.427. The fraction of sp³-hybridized carbons (Fsp3) is 0.132. The van der Waals surface area contributed by atoms with E-state index in [2.05, 4.69) is 181 Å². The average molecular weight is 709 g/mol. The molecule has 1 spiro atoms. The van der Waals surface area contributed by atoms with Crippen LogP contribution >= 0.6 is 0 Å². The fourth-order valence-corrected chi connectivity index (χ4v) is 10.3. The molecule has 1 unspecified atom stereocenters. The van der Waals surface area contributed by atoms with E-state index in [4.69, 9.17) is 0 Å². The van der Waals surface area contributed by atoms with Gasteiger partial charge >= 0.3 is 0 Å². The summed E-state index contributed by atoms with van der Waals surface area (Å²) in [5.41, 5.74) is 20.5. The normalized spacial score (nSPS) is 17.4. The summed E-state index contributed by atoms with van der Waals surface area (Å²) in [6, 6.07) is 50.1. The summed E-state index contributed by atoms with van der Waals surface area (Å²) in [7, 11) is 0. The van der Waals surface area contributed by atoms with Gasteiger partial charge in [0.2, 0.25) is 0 Å². The number of hydrogen-bond acceptors (Lipinski definition) is 1. The van der Waals surface area contributed by atoms with Crippen molar-refractivity contribution in [1.29, 1.82) is 0 Å². The SMILES string of the molecule is C=CC1=C(/C=C\C)Cc2c1cccc2N(c1ccccc1)c1ccc2c(c1)C1(C3=C(C=CCC3)n3c4ccccc4c4cccc1c43)c1ccccc1-2.CC. The molecule has 7 aromatic rings. The van der Waals surface area contributed by atoms with E-state index in [1.165, 1.54) is 94.5 Å². The fourth-order valence-electron chi connectivity index (χ4n) is 10.3. The van der Waals surface area contributed by atoms with Crippen LogP contribution in [0.1, 0.15) is 61.4 Å². The zero-order chi connectivity index (χ0) is 37.3. The molecule has 0 fully saturated rings. The predicted molar refractivity (Wildman–Crippen MR) is 234 cm³/mol. The van der Waals surface area contributed by atoms with E-state index in [0.29, 0.717) is 0 Å². The largest absolute Gasteiger partial charge is 0.310 e. The molecule has 1 atom stereocenters. The van der Waals surface area contributed by atoms with Gasteiger partial charge < -0.3 is 9.47 Å².